The maximum atomic E-state index is 12.2. The predicted octanol–water partition coefficient (Wildman–Crippen LogP) is 3.25. The fraction of sp³-hybridized carbons (Fsp3) is 0.222. The SMILES string of the molecule is COc1ccc(C(=O)NN=Cc2cc(OC)c(OC)c(OC)c2)cc1Br. The topological polar surface area (TPSA) is 78.4 Å². The summed E-state index contributed by atoms with van der Waals surface area (Å²) in [4.78, 5) is 12.2. The van der Waals surface area contributed by atoms with Crippen LogP contribution in [0.2, 0.25) is 0 Å². The van der Waals surface area contributed by atoms with Gasteiger partial charge in [-0.2, -0.15) is 5.10 Å². The molecule has 0 saturated carbocycles. The number of ether oxygens (including phenoxy) is 4. The molecule has 0 aromatic heterocycles. The van der Waals surface area contributed by atoms with Crippen LogP contribution in [0.25, 0.3) is 0 Å². The van der Waals surface area contributed by atoms with Crippen molar-refractivity contribution in [2.45, 2.75) is 0 Å². The van der Waals surface area contributed by atoms with E-state index in [9.17, 15) is 4.79 Å². The summed E-state index contributed by atoms with van der Waals surface area (Å²) in [5, 5.41) is 3.97. The number of benzene rings is 2. The second-order valence-electron chi connectivity index (χ2n) is 5.01. The van der Waals surface area contributed by atoms with Crippen molar-refractivity contribution < 1.29 is 23.7 Å². The Hall–Kier alpha value is -2.74. The van der Waals surface area contributed by atoms with Crippen LogP contribution in [0.15, 0.2) is 39.9 Å². The van der Waals surface area contributed by atoms with Crippen molar-refractivity contribution in [2.75, 3.05) is 28.4 Å². The van der Waals surface area contributed by atoms with E-state index in [0.717, 1.165) is 0 Å². The monoisotopic (exact) mass is 422 g/mol. The number of halogens is 1. The lowest BCUT2D eigenvalue weighted by molar-refractivity contribution is 0.0955. The van der Waals surface area contributed by atoms with Crippen LogP contribution >= 0.6 is 15.9 Å². The second-order valence-corrected chi connectivity index (χ2v) is 5.86. The molecule has 0 saturated heterocycles. The van der Waals surface area contributed by atoms with Crippen LogP contribution in [0.5, 0.6) is 23.0 Å². The average Bonchev–Trinajstić information content (AvgIpc) is 2.66. The van der Waals surface area contributed by atoms with Crippen LogP contribution in [0.1, 0.15) is 15.9 Å². The van der Waals surface area contributed by atoms with Crippen LogP contribution in [-0.4, -0.2) is 40.6 Å². The first-order chi connectivity index (χ1) is 12.5. The van der Waals surface area contributed by atoms with E-state index in [0.29, 0.717) is 38.6 Å². The van der Waals surface area contributed by atoms with Gasteiger partial charge in [-0.25, -0.2) is 5.43 Å². The number of nitrogens with one attached hydrogen (secondary N) is 1. The fourth-order valence-electron chi connectivity index (χ4n) is 2.21. The number of hydrogen-bond donors (Lipinski definition) is 1. The Labute approximate surface area is 160 Å². The van der Waals surface area contributed by atoms with Gasteiger partial charge in [-0.05, 0) is 46.3 Å². The highest BCUT2D eigenvalue weighted by Gasteiger charge is 2.12. The molecule has 1 N–H and O–H groups in total. The van der Waals surface area contributed by atoms with E-state index in [1.807, 2.05) is 0 Å². The van der Waals surface area contributed by atoms with Gasteiger partial charge in [-0.1, -0.05) is 0 Å². The minimum atomic E-state index is -0.350. The van der Waals surface area contributed by atoms with E-state index in [1.165, 1.54) is 27.5 Å². The third-order valence-corrected chi connectivity index (χ3v) is 4.10. The quantitative estimate of drug-likeness (QED) is 0.547. The van der Waals surface area contributed by atoms with E-state index in [4.69, 9.17) is 18.9 Å². The lowest BCUT2D eigenvalue weighted by Crippen LogP contribution is -2.17. The van der Waals surface area contributed by atoms with Gasteiger partial charge >= 0.3 is 0 Å². The van der Waals surface area contributed by atoms with Gasteiger partial charge in [0, 0.05) is 11.1 Å². The molecule has 0 aliphatic carbocycles. The lowest BCUT2D eigenvalue weighted by atomic mass is 10.2. The number of carbonyl (C=O) groups is 1. The van der Waals surface area contributed by atoms with Crippen molar-refractivity contribution in [1.29, 1.82) is 0 Å². The Morgan fingerprint density at radius 1 is 0.962 bits per heavy atom. The molecule has 0 heterocycles. The van der Waals surface area contributed by atoms with Gasteiger partial charge in [0.15, 0.2) is 11.5 Å². The molecule has 0 unspecified atom stereocenters. The highest BCUT2D eigenvalue weighted by molar-refractivity contribution is 9.10. The molecular formula is C18H19BrN2O5. The largest absolute Gasteiger partial charge is 0.496 e. The van der Waals surface area contributed by atoms with Crippen molar-refractivity contribution in [3.05, 3.63) is 45.9 Å². The first-order valence-electron chi connectivity index (χ1n) is 7.51. The summed E-state index contributed by atoms with van der Waals surface area (Å²) in [7, 11) is 6.14. The summed E-state index contributed by atoms with van der Waals surface area (Å²) < 4.78 is 21.6. The van der Waals surface area contributed by atoms with E-state index in [1.54, 1.807) is 37.4 Å². The molecule has 0 atom stereocenters. The van der Waals surface area contributed by atoms with Crippen LogP contribution in [0, 0.1) is 0 Å². The number of hydrazone groups is 1. The van der Waals surface area contributed by atoms with Crippen LogP contribution in [-0.2, 0) is 0 Å². The average molecular weight is 423 g/mol. The zero-order valence-electron chi connectivity index (χ0n) is 14.8. The number of amides is 1. The van der Waals surface area contributed by atoms with Gasteiger partial charge in [0.2, 0.25) is 5.75 Å². The number of hydrogen-bond acceptors (Lipinski definition) is 6. The van der Waals surface area contributed by atoms with Gasteiger partial charge < -0.3 is 18.9 Å². The molecular weight excluding hydrogens is 404 g/mol. The smallest absolute Gasteiger partial charge is 0.271 e. The molecule has 1 amide bonds. The highest BCUT2D eigenvalue weighted by atomic mass is 79.9. The number of rotatable bonds is 7. The molecule has 2 aromatic rings. The third kappa shape index (κ3) is 4.45. The van der Waals surface area contributed by atoms with Crippen LogP contribution < -0.4 is 24.4 Å². The summed E-state index contributed by atoms with van der Waals surface area (Å²) >= 11 is 3.34. The number of carbonyl (C=O) groups excluding carboxylic acids is 1. The maximum absolute atomic E-state index is 12.2. The first kappa shape index (κ1) is 19.6. The maximum Gasteiger partial charge on any atom is 0.271 e. The Balaban J connectivity index is 2.15. The van der Waals surface area contributed by atoms with Gasteiger partial charge in [-0.3, -0.25) is 4.79 Å². The number of nitrogens with zero attached hydrogens (tertiary/aromatic N) is 1. The molecule has 0 fully saturated rings. The Bertz CT molecular complexity index is 798. The minimum Gasteiger partial charge on any atom is -0.496 e. The molecule has 0 radical (unpaired) electrons. The summed E-state index contributed by atoms with van der Waals surface area (Å²) in [6.07, 6.45) is 1.49. The molecule has 7 nitrogen and oxygen atoms in total. The molecule has 0 aliphatic rings. The van der Waals surface area contributed by atoms with Crippen molar-refractivity contribution in [3.63, 3.8) is 0 Å². The minimum absolute atomic E-state index is 0.350. The Kier molecular flexibility index (Phi) is 6.85. The van der Waals surface area contributed by atoms with E-state index in [-0.39, 0.29) is 5.91 Å². The van der Waals surface area contributed by atoms with Gasteiger partial charge in [0.05, 0.1) is 39.1 Å². The summed E-state index contributed by atoms with van der Waals surface area (Å²) in [6, 6.07) is 8.45. The van der Waals surface area contributed by atoms with Crippen molar-refractivity contribution >= 4 is 28.1 Å². The van der Waals surface area contributed by atoms with Crippen LogP contribution in [0.4, 0.5) is 0 Å². The highest BCUT2D eigenvalue weighted by Crippen LogP contribution is 2.37. The molecule has 0 bridgehead atoms. The van der Waals surface area contributed by atoms with E-state index < -0.39 is 0 Å². The van der Waals surface area contributed by atoms with Crippen molar-refractivity contribution in [3.8, 4) is 23.0 Å². The molecule has 0 aliphatic heterocycles. The van der Waals surface area contributed by atoms with Crippen molar-refractivity contribution in [2.24, 2.45) is 5.10 Å². The zero-order valence-corrected chi connectivity index (χ0v) is 16.4. The molecule has 2 aromatic carbocycles. The van der Waals surface area contributed by atoms with Crippen molar-refractivity contribution in [1.82, 2.24) is 5.43 Å². The predicted molar refractivity (Wildman–Crippen MR) is 102 cm³/mol. The molecule has 2 rings (SSSR count). The van der Waals surface area contributed by atoms with Crippen LogP contribution in [0.3, 0.4) is 0 Å². The van der Waals surface area contributed by atoms with Gasteiger partial charge in [0.1, 0.15) is 5.75 Å². The fourth-order valence-corrected chi connectivity index (χ4v) is 2.75. The first-order valence-corrected chi connectivity index (χ1v) is 8.30. The summed E-state index contributed by atoms with van der Waals surface area (Å²) in [5.41, 5.74) is 3.59. The van der Waals surface area contributed by atoms with E-state index in [2.05, 4.69) is 26.5 Å². The number of methoxy groups -OCH3 is 4. The summed E-state index contributed by atoms with van der Waals surface area (Å²) in [5.74, 6) is 1.77. The molecule has 8 heteroatoms. The lowest BCUT2D eigenvalue weighted by Gasteiger charge is -2.12. The molecule has 26 heavy (non-hydrogen) atoms. The Morgan fingerprint density at radius 3 is 2.08 bits per heavy atom. The normalized spacial score (nSPS) is 10.5. The second kappa shape index (κ2) is 9.10. The van der Waals surface area contributed by atoms with Gasteiger partial charge in [-0.15, -0.1) is 0 Å². The van der Waals surface area contributed by atoms with Gasteiger partial charge in [0.25, 0.3) is 5.91 Å². The summed E-state index contributed by atoms with van der Waals surface area (Å²) in [6.45, 7) is 0. The Morgan fingerprint density at radius 2 is 1.58 bits per heavy atom. The third-order valence-electron chi connectivity index (χ3n) is 3.48. The zero-order chi connectivity index (χ0) is 19.1. The standard InChI is InChI=1S/C18H19BrN2O5/c1-23-14-6-5-12(9-13(14)19)18(22)21-20-10-11-7-15(24-2)17(26-4)16(8-11)25-3/h5-10H,1-4H3,(H,21,22). The van der Waals surface area contributed by atoms with E-state index >= 15 is 0 Å². The molecule has 138 valence electrons. The molecule has 0 spiro atoms.